The number of hydrogen-bond donors (Lipinski definition) is 0. The van der Waals surface area contributed by atoms with E-state index in [0.717, 1.165) is 23.6 Å². The molecule has 0 aromatic rings. The Morgan fingerprint density at radius 2 is 1.64 bits per heavy atom. The second kappa shape index (κ2) is 5.88. The second-order valence-corrected chi connectivity index (χ2v) is 4.42. The molecule has 1 heteroatoms. The van der Waals surface area contributed by atoms with Crippen molar-refractivity contribution in [3.63, 3.8) is 0 Å². The molecule has 0 bridgehead atoms. The summed E-state index contributed by atoms with van der Waals surface area (Å²) in [7, 11) is 0. The fourth-order valence-corrected chi connectivity index (χ4v) is 1.58. The van der Waals surface area contributed by atoms with E-state index in [0.29, 0.717) is 0 Å². The maximum Gasteiger partial charge on any atom is 0.0225 e. The van der Waals surface area contributed by atoms with Crippen LogP contribution in [0.25, 0.3) is 0 Å². The molecule has 0 aromatic carbocycles. The van der Waals surface area contributed by atoms with E-state index in [9.17, 15) is 0 Å². The van der Waals surface area contributed by atoms with Crippen LogP contribution in [0.15, 0.2) is 0 Å². The van der Waals surface area contributed by atoms with Crippen molar-refractivity contribution < 1.29 is 0 Å². The maximum absolute atomic E-state index is 5.66. The minimum absolute atomic E-state index is 0.796. The molecule has 0 aliphatic rings. The number of alkyl halides is 1. The monoisotopic (exact) mass is 176 g/mol. The van der Waals surface area contributed by atoms with Gasteiger partial charge in [0.15, 0.2) is 0 Å². The first-order valence-electron chi connectivity index (χ1n) is 4.63. The third kappa shape index (κ3) is 5.55. The van der Waals surface area contributed by atoms with E-state index in [-0.39, 0.29) is 0 Å². The highest BCUT2D eigenvalue weighted by molar-refractivity contribution is 6.17. The number of halogens is 1. The first-order valence-corrected chi connectivity index (χ1v) is 5.17. The standard InChI is InChI=1S/C10H21Cl/c1-8(2)10(4)7-9(3)5-6-11/h8-10H,5-7H2,1-4H3. The summed E-state index contributed by atoms with van der Waals surface area (Å²) in [5, 5.41) is 0. The Labute approximate surface area is 76.3 Å². The summed E-state index contributed by atoms with van der Waals surface area (Å²) in [4.78, 5) is 0. The molecule has 0 aromatic heterocycles. The van der Waals surface area contributed by atoms with Crippen molar-refractivity contribution in [3.8, 4) is 0 Å². The highest BCUT2D eigenvalue weighted by Crippen LogP contribution is 2.21. The quantitative estimate of drug-likeness (QED) is 0.557. The highest BCUT2D eigenvalue weighted by atomic mass is 35.5. The van der Waals surface area contributed by atoms with Gasteiger partial charge in [0, 0.05) is 5.88 Å². The Bertz CT molecular complexity index is 88.9. The third-order valence-electron chi connectivity index (χ3n) is 2.51. The molecule has 0 rings (SSSR count). The van der Waals surface area contributed by atoms with Crippen molar-refractivity contribution in [2.24, 2.45) is 17.8 Å². The molecule has 0 amide bonds. The van der Waals surface area contributed by atoms with E-state index in [1.807, 2.05) is 0 Å². The maximum atomic E-state index is 5.66. The molecule has 0 aliphatic heterocycles. The van der Waals surface area contributed by atoms with Crippen molar-refractivity contribution in [1.29, 1.82) is 0 Å². The summed E-state index contributed by atoms with van der Waals surface area (Å²) in [6, 6.07) is 0. The fourth-order valence-electron chi connectivity index (χ4n) is 1.21. The first-order chi connectivity index (χ1) is 5.07. The number of rotatable bonds is 5. The van der Waals surface area contributed by atoms with Crippen LogP contribution in [-0.2, 0) is 0 Å². The van der Waals surface area contributed by atoms with Gasteiger partial charge in [0.05, 0.1) is 0 Å². The molecule has 0 nitrogen and oxygen atoms in total. The van der Waals surface area contributed by atoms with Crippen molar-refractivity contribution in [2.75, 3.05) is 5.88 Å². The van der Waals surface area contributed by atoms with E-state index < -0.39 is 0 Å². The molecule has 0 saturated carbocycles. The van der Waals surface area contributed by atoms with Crippen molar-refractivity contribution in [3.05, 3.63) is 0 Å². The van der Waals surface area contributed by atoms with Crippen LogP contribution in [0.1, 0.15) is 40.5 Å². The molecular formula is C10H21Cl. The topological polar surface area (TPSA) is 0 Å². The highest BCUT2D eigenvalue weighted by Gasteiger charge is 2.10. The van der Waals surface area contributed by atoms with Gasteiger partial charge in [-0.1, -0.05) is 27.7 Å². The predicted octanol–water partition coefficient (Wildman–Crippen LogP) is 3.93. The van der Waals surface area contributed by atoms with E-state index >= 15 is 0 Å². The van der Waals surface area contributed by atoms with Gasteiger partial charge in [-0.25, -0.2) is 0 Å². The van der Waals surface area contributed by atoms with Crippen LogP contribution < -0.4 is 0 Å². The lowest BCUT2D eigenvalue weighted by Gasteiger charge is -2.19. The lowest BCUT2D eigenvalue weighted by atomic mass is 9.88. The Morgan fingerprint density at radius 1 is 1.09 bits per heavy atom. The molecule has 0 aliphatic carbocycles. The molecule has 0 radical (unpaired) electrons. The lowest BCUT2D eigenvalue weighted by molar-refractivity contribution is 0.328. The second-order valence-electron chi connectivity index (χ2n) is 4.04. The molecule has 0 spiro atoms. The molecule has 0 heterocycles. The average molecular weight is 177 g/mol. The molecule has 2 unspecified atom stereocenters. The summed E-state index contributed by atoms with van der Waals surface area (Å²) in [6.07, 6.45) is 2.49. The van der Waals surface area contributed by atoms with Gasteiger partial charge in [-0.15, -0.1) is 11.6 Å². The molecule has 11 heavy (non-hydrogen) atoms. The summed E-state index contributed by atoms with van der Waals surface area (Å²) >= 11 is 5.66. The zero-order valence-electron chi connectivity index (χ0n) is 8.23. The van der Waals surface area contributed by atoms with Crippen LogP contribution in [0.2, 0.25) is 0 Å². The predicted molar refractivity (Wildman–Crippen MR) is 53.1 cm³/mol. The number of hydrogen-bond acceptors (Lipinski definition) is 0. The van der Waals surface area contributed by atoms with Crippen molar-refractivity contribution >= 4 is 11.6 Å². The van der Waals surface area contributed by atoms with E-state index in [1.165, 1.54) is 12.8 Å². The van der Waals surface area contributed by atoms with Gasteiger partial charge in [-0.3, -0.25) is 0 Å². The van der Waals surface area contributed by atoms with Crippen LogP contribution in [0.5, 0.6) is 0 Å². The van der Waals surface area contributed by atoms with Crippen LogP contribution in [0.4, 0.5) is 0 Å². The van der Waals surface area contributed by atoms with E-state index in [4.69, 9.17) is 11.6 Å². The zero-order chi connectivity index (χ0) is 8.85. The van der Waals surface area contributed by atoms with Crippen LogP contribution in [-0.4, -0.2) is 5.88 Å². The molecule has 2 atom stereocenters. The normalized spacial score (nSPS) is 16.9. The molecule has 68 valence electrons. The van der Waals surface area contributed by atoms with E-state index in [2.05, 4.69) is 27.7 Å². The third-order valence-corrected chi connectivity index (χ3v) is 2.73. The smallest absolute Gasteiger partial charge is 0.0225 e. The molecule has 0 saturated heterocycles. The molecular weight excluding hydrogens is 156 g/mol. The summed E-state index contributed by atoms with van der Waals surface area (Å²) in [6.45, 7) is 9.20. The molecule has 0 fully saturated rings. The summed E-state index contributed by atoms with van der Waals surface area (Å²) < 4.78 is 0. The van der Waals surface area contributed by atoms with Crippen molar-refractivity contribution in [2.45, 2.75) is 40.5 Å². The van der Waals surface area contributed by atoms with Gasteiger partial charge in [-0.2, -0.15) is 0 Å². The van der Waals surface area contributed by atoms with Crippen molar-refractivity contribution in [1.82, 2.24) is 0 Å². The van der Waals surface area contributed by atoms with Gasteiger partial charge in [0.2, 0.25) is 0 Å². The zero-order valence-corrected chi connectivity index (χ0v) is 8.99. The van der Waals surface area contributed by atoms with E-state index in [1.54, 1.807) is 0 Å². The fraction of sp³-hybridized carbons (Fsp3) is 1.00. The Kier molecular flexibility index (Phi) is 6.03. The summed E-state index contributed by atoms with van der Waals surface area (Å²) in [5.41, 5.74) is 0. The minimum Gasteiger partial charge on any atom is -0.127 e. The first kappa shape index (κ1) is 11.3. The minimum atomic E-state index is 0.796. The largest absolute Gasteiger partial charge is 0.127 e. The Balaban J connectivity index is 3.48. The van der Waals surface area contributed by atoms with Gasteiger partial charge in [0.25, 0.3) is 0 Å². The summed E-state index contributed by atoms with van der Waals surface area (Å²) in [5.74, 6) is 3.26. The van der Waals surface area contributed by atoms with Gasteiger partial charge in [-0.05, 0) is 30.6 Å². The average Bonchev–Trinajstić information content (AvgIpc) is 1.87. The lowest BCUT2D eigenvalue weighted by Crippen LogP contribution is -2.09. The van der Waals surface area contributed by atoms with Gasteiger partial charge >= 0.3 is 0 Å². The molecule has 0 N–H and O–H groups in total. The Hall–Kier alpha value is 0.290. The van der Waals surface area contributed by atoms with Crippen LogP contribution in [0, 0.1) is 17.8 Å². The van der Waals surface area contributed by atoms with Gasteiger partial charge < -0.3 is 0 Å². The van der Waals surface area contributed by atoms with Crippen LogP contribution in [0.3, 0.4) is 0 Å². The van der Waals surface area contributed by atoms with Crippen LogP contribution >= 0.6 is 11.6 Å². The Morgan fingerprint density at radius 3 is 2.00 bits per heavy atom. The van der Waals surface area contributed by atoms with Gasteiger partial charge in [0.1, 0.15) is 0 Å². The SMILES string of the molecule is CC(CCCl)CC(C)C(C)C.